The summed E-state index contributed by atoms with van der Waals surface area (Å²) in [5, 5.41) is 7.82. The monoisotopic (exact) mass is 454 g/mol. The highest BCUT2D eigenvalue weighted by molar-refractivity contribution is 7.77. The minimum absolute atomic E-state index is 0.230. The Kier molecular flexibility index (Phi) is 7.31. The van der Waals surface area contributed by atoms with E-state index in [1.807, 2.05) is 30.3 Å². The summed E-state index contributed by atoms with van der Waals surface area (Å²) in [7, 11) is 1.65. The molecule has 8 nitrogen and oxygen atoms in total. The van der Waals surface area contributed by atoms with Crippen molar-refractivity contribution in [2.24, 2.45) is 0 Å². The fraction of sp³-hybridized carbons (Fsp3) is 0.391. The van der Waals surface area contributed by atoms with Crippen molar-refractivity contribution in [2.75, 3.05) is 13.7 Å². The molecule has 0 bridgehead atoms. The average Bonchev–Trinajstić information content (AvgIpc) is 3.37. The van der Waals surface area contributed by atoms with Crippen molar-refractivity contribution in [3.05, 3.63) is 72.3 Å². The molecule has 1 saturated carbocycles. The molecule has 1 heterocycles. The smallest absolute Gasteiger partial charge is 0.138 e. The highest BCUT2D eigenvalue weighted by atomic mass is 32.2. The standard InChI is InChI=1S/C23H29N5O3S/c1-31-22-4-2-3-19(13-22)23(15-27-32(29)30)11-9-20(10-12-23)25-14-18-5-7-21(8-6-18)28-17-24-16-26-28/h2-8,13,16-17,20,25,27H,9-12,14-15H2,1H3,(H,29,30)/p-1. The largest absolute Gasteiger partial charge is 0.760 e. The van der Waals surface area contributed by atoms with Gasteiger partial charge in [0.1, 0.15) is 18.4 Å². The Morgan fingerprint density at radius 2 is 2.00 bits per heavy atom. The zero-order valence-corrected chi connectivity index (χ0v) is 18.9. The van der Waals surface area contributed by atoms with Gasteiger partial charge in [-0.3, -0.25) is 4.21 Å². The van der Waals surface area contributed by atoms with Crippen LogP contribution in [-0.2, 0) is 23.2 Å². The summed E-state index contributed by atoms with van der Waals surface area (Å²) in [5.74, 6) is 0.791. The number of aromatic nitrogens is 3. The van der Waals surface area contributed by atoms with E-state index < -0.39 is 11.3 Å². The minimum atomic E-state index is -2.28. The molecule has 0 aliphatic heterocycles. The molecule has 0 saturated heterocycles. The Labute approximate surface area is 190 Å². The van der Waals surface area contributed by atoms with Gasteiger partial charge < -0.3 is 14.6 Å². The van der Waals surface area contributed by atoms with E-state index in [2.05, 4.69) is 38.3 Å². The molecule has 0 amide bonds. The molecule has 1 aromatic heterocycles. The van der Waals surface area contributed by atoms with Crippen LogP contribution < -0.4 is 14.8 Å². The van der Waals surface area contributed by atoms with Crippen LogP contribution in [-0.4, -0.2) is 43.2 Å². The summed E-state index contributed by atoms with van der Waals surface area (Å²) < 4.78 is 32.2. The van der Waals surface area contributed by atoms with Gasteiger partial charge in [-0.25, -0.2) is 14.4 Å². The van der Waals surface area contributed by atoms with Crippen molar-refractivity contribution in [3.63, 3.8) is 0 Å². The van der Waals surface area contributed by atoms with Crippen LogP contribution in [0.25, 0.3) is 5.69 Å². The van der Waals surface area contributed by atoms with E-state index >= 15 is 0 Å². The molecule has 2 N–H and O–H groups in total. The number of nitrogens with one attached hydrogen (secondary N) is 2. The number of rotatable bonds is 9. The molecule has 1 aliphatic rings. The van der Waals surface area contributed by atoms with E-state index in [0.29, 0.717) is 12.6 Å². The lowest BCUT2D eigenvalue weighted by molar-refractivity contribution is 0.244. The Morgan fingerprint density at radius 1 is 1.22 bits per heavy atom. The summed E-state index contributed by atoms with van der Waals surface area (Å²) in [5.41, 5.74) is 3.08. The summed E-state index contributed by atoms with van der Waals surface area (Å²) in [6, 6.07) is 16.6. The first kappa shape index (κ1) is 22.6. The number of hydrogen-bond acceptors (Lipinski definition) is 6. The summed E-state index contributed by atoms with van der Waals surface area (Å²) >= 11 is -2.28. The van der Waals surface area contributed by atoms with Crippen LogP contribution in [0, 0.1) is 0 Å². The number of hydrogen-bond donors (Lipinski definition) is 2. The Hall–Kier alpha value is -2.59. The zero-order valence-electron chi connectivity index (χ0n) is 18.1. The van der Waals surface area contributed by atoms with Gasteiger partial charge in [0.15, 0.2) is 0 Å². The topological polar surface area (TPSA) is 104 Å². The third-order valence-electron chi connectivity index (χ3n) is 6.37. The van der Waals surface area contributed by atoms with Crippen molar-refractivity contribution in [3.8, 4) is 11.4 Å². The van der Waals surface area contributed by atoms with Gasteiger partial charge in [0.25, 0.3) is 0 Å². The van der Waals surface area contributed by atoms with Crippen molar-refractivity contribution in [2.45, 2.75) is 43.7 Å². The van der Waals surface area contributed by atoms with Crippen LogP contribution in [0.4, 0.5) is 0 Å². The van der Waals surface area contributed by atoms with Gasteiger partial charge in [0, 0.05) is 35.8 Å². The quantitative estimate of drug-likeness (QED) is 0.482. The fourth-order valence-electron chi connectivity index (χ4n) is 4.46. The number of methoxy groups -OCH3 is 1. The van der Waals surface area contributed by atoms with Gasteiger partial charge in [-0.15, -0.1) is 0 Å². The molecule has 2 aromatic carbocycles. The Bertz CT molecular complexity index is 1020. The fourth-order valence-corrected chi connectivity index (χ4v) is 4.86. The molecule has 0 radical (unpaired) electrons. The molecule has 1 atom stereocenters. The predicted molar refractivity (Wildman–Crippen MR) is 122 cm³/mol. The molecular weight excluding hydrogens is 426 g/mol. The van der Waals surface area contributed by atoms with Crippen molar-refractivity contribution >= 4 is 11.3 Å². The van der Waals surface area contributed by atoms with E-state index in [4.69, 9.17) is 4.74 Å². The number of benzene rings is 2. The average molecular weight is 455 g/mol. The Morgan fingerprint density at radius 3 is 2.66 bits per heavy atom. The van der Waals surface area contributed by atoms with E-state index in [-0.39, 0.29) is 5.41 Å². The van der Waals surface area contributed by atoms with Crippen LogP contribution in [0.15, 0.2) is 61.2 Å². The van der Waals surface area contributed by atoms with E-state index in [0.717, 1.165) is 49.2 Å². The maximum absolute atomic E-state index is 11.2. The maximum atomic E-state index is 11.2. The predicted octanol–water partition coefficient (Wildman–Crippen LogP) is 2.63. The van der Waals surface area contributed by atoms with Crippen LogP contribution in [0.1, 0.15) is 36.8 Å². The third kappa shape index (κ3) is 5.42. The van der Waals surface area contributed by atoms with E-state index in [1.165, 1.54) is 11.9 Å². The van der Waals surface area contributed by atoms with Gasteiger partial charge in [0.2, 0.25) is 0 Å². The molecule has 3 aromatic rings. The van der Waals surface area contributed by atoms with Gasteiger partial charge in [0.05, 0.1) is 12.8 Å². The number of ether oxygens (including phenoxy) is 1. The van der Waals surface area contributed by atoms with Gasteiger partial charge in [-0.05, 0) is 61.1 Å². The third-order valence-corrected chi connectivity index (χ3v) is 6.75. The van der Waals surface area contributed by atoms with Crippen molar-refractivity contribution in [1.82, 2.24) is 24.8 Å². The minimum Gasteiger partial charge on any atom is -0.760 e. The summed E-state index contributed by atoms with van der Waals surface area (Å²) in [6.07, 6.45) is 6.94. The summed E-state index contributed by atoms with van der Waals surface area (Å²) in [6.45, 7) is 1.18. The lowest BCUT2D eigenvalue weighted by Crippen LogP contribution is -2.45. The van der Waals surface area contributed by atoms with Crippen molar-refractivity contribution < 1.29 is 13.5 Å². The van der Waals surface area contributed by atoms with Crippen LogP contribution >= 0.6 is 0 Å². The van der Waals surface area contributed by atoms with Gasteiger partial charge >= 0.3 is 0 Å². The first-order chi connectivity index (χ1) is 15.6. The van der Waals surface area contributed by atoms with E-state index in [1.54, 1.807) is 18.1 Å². The normalized spacial score (nSPS) is 21.9. The second-order valence-corrected chi connectivity index (χ2v) is 8.99. The maximum Gasteiger partial charge on any atom is 0.138 e. The molecule has 1 fully saturated rings. The molecular formula is C23H28N5O3S-. The van der Waals surface area contributed by atoms with Gasteiger partial charge in [-0.2, -0.15) is 5.10 Å². The molecule has 0 spiro atoms. The second kappa shape index (κ2) is 10.4. The summed E-state index contributed by atoms with van der Waals surface area (Å²) in [4.78, 5) is 3.98. The van der Waals surface area contributed by atoms with Crippen molar-refractivity contribution in [1.29, 1.82) is 0 Å². The zero-order chi connectivity index (χ0) is 22.4. The molecule has 32 heavy (non-hydrogen) atoms. The van der Waals surface area contributed by atoms with Crippen LogP contribution in [0.2, 0.25) is 0 Å². The molecule has 9 heteroatoms. The second-order valence-electron chi connectivity index (χ2n) is 8.23. The van der Waals surface area contributed by atoms with E-state index in [9.17, 15) is 8.76 Å². The molecule has 4 rings (SSSR count). The lowest BCUT2D eigenvalue weighted by atomic mass is 9.68. The highest BCUT2D eigenvalue weighted by Crippen LogP contribution is 2.40. The molecule has 170 valence electrons. The first-order valence-electron chi connectivity index (χ1n) is 10.7. The SMILES string of the molecule is COc1cccc(C2(CNS(=O)[O-])CCC(NCc3ccc(-n4cncn4)cc3)CC2)c1. The van der Waals surface area contributed by atoms with Gasteiger partial charge in [-0.1, -0.05) is 24.3 Å². The Balaban J connectivity index is 1.37. The lowest BCUT2D eigenvalue weighted by Gasteiger charge is -2.41. The number of nitrogens with zero attached hydrogens (tertiary/aromatic N) is 3. The highest BCUT2D eigenvalue weighted by Gasteiger charge is 2.37. The first-order valence-corrected chi connectivity index (χ1v) is 11.8. The van der Waals surface area contributed by atoms with Crippen LogP contribution in [0.3, 0.4) is 0 Å². The van der Waals surface area contributed by atoms with Crippen LogP contribution in [0.5, 0.6) is 5.75 Å². The molecule has 1 aliphatic carbocycles. The molecule has 1 unspecified atom stereocenters.